The first-order valence-electron chi connectivity index (χ1n) is 14.9. The number of alkyl carbamates (subject to hydrolysis) is 1. The number of amides is 3. The lowest BCUT2D eigenvalue weighted by atomic mass is 9.73. The Labute approximate surface area is 272 Å². The summed E-state index contributed by atoms with van der Waals surface area (Å²) in [4.78, 5) is 77.5. The number of carbonyl (C=O) groups excluding carboxylic acids is 3. The Morgan fingerprint density at radius 1 is 1.04 bits per heavy atom. The van der Waals surface area contributed by atoms with Crippen LogP contribution < -0.4 is 16.0 Å². The lowest BCUT2D eigenvalue weighted by Gasteiger charge is -2.32. The van der Waals surface area contributed by atoms with E-state index in [0.29, 0.717) is 19.5 Å². The molecule has 0 bridgehead atoms. The molecule has 1 aliphatic heterocycles. The van der Waals surface area contributed by atoms with Gasteiger partial charge in [-0.25, -0.2) is 14.6 Å². The molecule has 17 nitrogen and oxygen atoms in total. The average Bonchev–Trinajstić information content (AvgIpc) is 3.00. The molecule has 1 aromatic carbocycles. The third-order valence-corrected chi connectivity index (χ3v) is 7.95. The molecule has 3 amide bonds. The molecule has 6 N–H and O–H groups in total. The van der Waals surface area contributed by atoms with E-state index in [1.165, 1.54) is 18.6 Å². The summed E-state index contributed by atoms with van der Waals surface area (Å²) in [6, 6.07) is 8.33. The number of hydrogen-bond acceptors (Lipinski definition) is 11. The van der Waals surface area contributed by atoms with Gasteiger partial charge in [-0.3, -0.25) is 29.4 Å². The molecule has 3 atom stereocenters. The molecule has 2 aromatic rings. The maximum absolute atomic E-state index is 13.7. The van der Waals surface area contributed by atoms with Gasteiger partial charge in [0.25, 0.3) is 5.91 Å². The van der Waals surface area contributed by atoms with Gasteiger partial charge in [-0.1, -0.05) is 44.2 Å². The monoisotopic (exact) mass is 678 g/mol. The Kier molecular flexibility index (Phi) is 14.7. The summed E-state index contributed by atoms with van der Waals surface area (Å²) in [5.74, 6) is -5.68. The fraction of sp³-hybridized carbons (Fsp3) is 0.500. The van der Waals surface area contributed by atoms with E-state index in [1.807, 2.05) is 49.1 Å². The number of hydrogen-bond donors (Lipinski definition) is 6. The van der Waals surface area contributed by atoms with Crippen LogP contribution in [0.2, 0.25) is 0 Å². The van der Waals surface area contributed by atoms with Gasteiger partial charge in [-0.2, -0.15) is 0 Å². The highest BCUT2D eigenvalue weighted by atomic mass is 31.2. The van der Waals surface area contributed by atoms with Crippen LogP contribution in [0.4, 0.5) is 4.79 Å². The summed E-state index contributed by atoms with van der Waals surface area (Å²) in [6.45, 7) is 5.19. The molecule has 1 aromatic heterocycles. The van der Waals surface area contributed by atoms with Crippen molar-refractivity contribution in [2.75, 3.05) is 39.5 Å². The van der Waals surface area contributed by atoms with Gasteiger partial charge in [0.1, 0.15) is 18.3 Å². The van der Waals surface area contributed by atoms with E-state index in [9.17, 15) is 23.7 Å². The minimum Gasteiger partial charge on any atom is -0.479 e. The molecule has 2 heterocycles. The number of aliphatic carboxylic acids is 1. The molecule has 3 rings (SSSR count). The van der Waals surface area contributed by atoms with Crippen LogP contribution >= 0.6 is 7.60 Å². The number of carboxylic acid groups (broad SMARTS) is 1. The standard InChI is InChI=1S/C28H40BN6O11P/c1-19(2)16-23(33-24(36)21(17-20-6-4-3-5-7-20)32-25(37)22-18-30-8-9-31-22)29-45-14-11-35(12-15-46-29)10-13-44-28(40)34-26(27(38)39)47(41,42)43/h3-9,18-19,21,23,26H,10-17H2,1-2H3,(H,32,37)(H,33,36)(H,34,40)(H,38,39)(H2,41,42,43)/t21-,23+,26?/m0/s1. The van der Waals surface area contributed by atoms with Crippen LogP contribution in [-0.2, 0) is 34.6 Å². The Bertz CT molecular complexity index is 1360. The van der Waals surface area contributed by atoms with Crippen molar-refractivity contribution in [1.29, 1.82) is 0 Å². The van der Waals surface area contributed by atoms with Gasteiger partial charge < -0.3 is 39.6 Å². The van der Waals surface area contributed by atoms with Crippen molar-refractivity contribution < 1.29 is 52.7 Å². The highest BCUT2D eigenvalue weighted by Gasteiger charge is 2.38. The zero-order valence-corrected chi connectivity index (χ0v) is 27.0. The van der Waals surface area contributed by atoms with Crippen LogP contribution in [0, 0.1) is 5.92 Å². The van der Waals surface area contributed by atoms with Crippen molar-refractivity contribution >= 4 is 38.6 Å². The number of carbonyl (C=O) groups is 4. The van der Waals surface area contributed by atoms with Crippen molar-refractivity contribution in [3.63, 3.8) is 0 Å². The van der Waals surface area contributed by atoms with Crippen LogP contribution in [0.25, 0.3) is 0 Å². The number of nitrogens with one attached hydrogen (secondary N) is 3. The SMILES string of the molecule is CC(C)C[C@@H](NC(=O)[C@H](Cc1ccccc1)NC(=O)c1cnccn1)B1OCCN(CCOC(=O)NC(C(=O)O)P(=O)(O)O)CCO1. The topological polar surface area (TPSA) is 239 Å². The third kappa shape index (κ3) is 13.0. The first kappa shape index (κ1) is 37.5. The minimum atomic E-state index is -5.13. The van der Waals surface area contributed by atoms with Gasteiger partial charge in [0.2, 0.25) is 11.7 Å². The quantitative estimate of drug-likeness (QED) is 0.108. The minimum absolute atomic E-state index is 0.0740. The lowest BCUT2D eigenvalue weighted by Crippen LogP contribution is -2.57. The molecular formula is C28H40BN6O11P. The van der Waals surface area contributed by atoms with Gasteiger partial charge in [0, 0.05) is 51.7 Å². The number of nitrogens with zero attached hydrogens (tertiary/aromatic N) is 3. The van der Waals surface area contributed by atoms with E-state index < -0.39 is 56.4 Å². The van der Waals surface area contributed by atoms with Crippen molar-refractivity contribution in [2.24, 2.45) is 5.92 Å². The first-order chi connectivity index (χ1) is 22.3. The predicted octanol–water partition coefficient (Wildman–Crippen LogP) is 0.0394. The van der Waals surface area contributed by atoms with Gasteiger partial charge in [0.05, 0.1) is 12.1 Å². The van der Waals surface area contributed by atoms with Crippen molar-refractivity contribution in [2.45, 2.75) is 44.5 Å². The van der Waals surface area contributed by atoms with Gasteiger partial charge in [-0.15, -0.1) is 0 Å². The van der Waals surface area contributed by atoms with E-state index in [1.54, 1.807) is 5.32 Å². The number of carboxylic acids is 1. The second-order valence-electron chi connectivity index (χ2n) is 11.1. The summed E-state index contributed by atoms with van der Waals surface area (Å²) in [7, 11) is -5.93. The van der Waals surface area contributed by atoms with E-state index in [2.05, 4.69) is 20.6 Å². The molecule has 1 saturated heterocycles. The summed E-state index contributed by atoms with van der Waals surface area (Å²) in [5, 5.41) is 16.4. The summed E-state index contributed by atoms with van der Waals surface area (Å²) in [6.07, 6.45) is 3.61. The molecule has 0 aliphatic carbocycles. The second kappa shape index (κ2) is 18.4. The normalized spacial score (nSPS) is 16.2. The molecular weight excluding hydrogens is 638 g/mol. The van der Waals surface area contributed by atoms with Crippen molar-refractivity contribution in [3.05, 3.63) is 60.2 Å². The predicted molar refractivity (Wildman–Crippen MR) is 167 cm³/mol. The van der Waals surface area contributed by atoms with Crippen LogP contribution in [0.1, 0.15) is 36.3 Å². The summed E-state index contributed by atoms with van der Waals surface area (Å²) >= 11 is 0. The number of rotatable bonds is 15. The zero-order chi connectivity index (χ0) is 34.4. The molecule has 0 spiro atoms. The van der Waals surface area contributed by atoms with E-state index in [0.717, 1.165) is 5.56 Å². The zero-order valence-electron chi connectivity index (χ0n) is 26.1. The number of ether oxygens (including phenoxy) is 1. The molecule has 1 fully saturated rings. The maximum atomic E-state index is 13.7. The fourth-order valence-electron chi connectivity index (χ4n) is 4.66. The number of aromatic nitrogens is 2. The van der Waals surface area contributed by atoms with Crippen LogP contribution in [-0.4, -0.2) is 118 Å². The smallest absolute Gasteiger partial charge is 0.479 e. The van der Waals surface area contributed by atoms with Crippen molar-refractivity contribution in [1.82, 2.24) is 30.8 Å². The van der Waals surface area contributed by atoms with Gasteiger partial charge in [0.15, 0.2) is 0 Å². The largest absolute Gasteiger partial charge is 0.480 e. The summed E-state index contributed by atoms with van der Waals surface area (Å²) < 4.78 is 28.2. The number of benzene rings is 1. The Balaban J connectivity index is 1.58. The third-order valence-electron chi connectivity index (χ3n) is 6.93. The van der Waals surface area contributed by atoms with E-state index in [-0.39, 0.29) is 44.4 Å². The van der Waals surface area contributed by atoms with E-state index >= 15 is 0 Å². The molecule has 19 heteroatoms. The molecule has 1 unspecified atom stereocenters. The molecule has 0 radical (unpaired) electrons. The average molecular weight is 678 g/mol. The fourth-order valence-corrected chi connectivity index (χ4v) is 5.22. The van der Waals surface area contributed by atoms with Crippen LogP contribution in [0.15, 0.2) is 48.9 Å². The second-order valence-corrected chi connectivity index (χ2v) is 12.8. The van der Waals surface area contributed by atoms with E-state index in [4.69, 9.17) is 28.9 Å². The first-order valence-corrected chi connectivity index (χ1v) is 16.6. The highest BCUT2D eigenvalue weighted by molar-refractivity contribution is 7.53. The Hall–Kier alpha value is -3.93. The van der Waals surface area contributed by atoms with Crippen LogP contribution in [0.3, 0.4) is 0 Å². The maximum Gasteiger partial charge on any atom is 0.480 e. The van der Waals surface area contributed by atoms with Crippen molar-refractivity contribution in [3.8, 4) is 0 Å². The Morgan fingerprint density at radius 2 is 1.72 bits per heavy atom. The molecule has 256 valence electrons. The van der Waals surface area contributed by atoms with Gasteiger partial charge >= 0.3 is 26.8 Å². The highest BCUT2D eigenvalue weighted by Crippen LogP contribution is 2.39. The summed E-state index contributed by atoms with van der Waals surface area (Å²) in [5.41, 5.74) is 0.918. The lowest BCUT2D eigenvalue weighted by molar-refractivity contribution is -0.137. The molecule has 1 aliphatic rings. The Morgan fingerprint density at radius 3 is 2.30 bits per heavy atom. The molecule has 47 heavy (non-hydrogen) atoms. The molecule has 0 saturated carbocycles. The van der Waals surface area contributed by atoms with Gasteiger partial charge in [-0.05, 0) is 17.9 Å². The van der Waals surface area contributed by atoms with Crippen LogP contribution in [0.5, 0.6) is 0 Å².